The molecule has 8 nitrogen and oxygen atoms in total. The van der Waals surface area contributed by atoms with Gasteiger partial charge in [-0.05, 0) is 66.9 Å². The number of hydrazone groups is 1. The van der Waals surface area contributed by atoms with E-state index in [0.29, 0.717) is 22.7 Å². The summed E-state index contributed by atoms with van der Waals surface area (Å²) in [4.78, 5) is 23.0. The predicted molar refractivity (Wildman–Crippen MR) is 126 cm³/mol. The van der Waals surface area contributed by atoms with Crippen LogP contribution >= 0.6 is 0 Å². The lowest BCUT2D eigenvalue weighted by atomic mass is 10.1. The third-order valence-electron chi connectivity index (χ3n) is 4.79. The molecule has 0 atom stereocenters. The number of ether oxygens (including phenoxy) is 2. The number of benzene rings is 3. The van der Waals surface area contributed by atoms with Crippen LogP contribution in [0.2, 0.25) is 0 Å². The first kappa shape index (κ1) is 23.3. The first-order valence-corrected chi connectivity index (χ1v) is 10.2. The molecule has 0 fully saturated rings. The van der Waals surface area contributed by atoms with Crippen LogP contribution in [0.25, 0.3) is 0 Å². The fraction of sp³-hybridized carbons (Fsp3) is 0.160. The van der Waals surface area contributed by atoms with Crippen molar-refractivity contribution >= 4 is 23.9 Å². The van der Waals surface area contributed by atoms with Crippen LogP contribution in [-0.2, 0) is 6.61 Å². The number of aryl methyl sites for hydroxylation is 2. The number of aromatic carboxylic acids is 1. The fourth-order valence-electron chi connectivity index (χ4n) is 3.06. The van der Waals surface area contributed by atoms with Crippen molar-refractivity contribution < 1.29 is 24.2 Å². The van der Waals surface area contributed by atoms with E-state index in [2.05, 4.69) is 15.8 Å². The summed E-state index contributed by atoms with van der Waals surface area (Å²) in [7, 11) is 1.53. The van der Waals surface area contributed by atoms with E-state index in [-0.39, 0.29) is 12.2 Å². The van der Waals surface area contributed by atoms with Crippen LogP contribution in [0.1, 0.15) is 32.6 Å². The number of anilines is 1. The molecule has 8 heteroatoms. The van der Waals surface area contributed by atoms with Crippen molar-refractivity contribution in [3.05, 3.63) is 88.5 Å². The van der Waals surface area contributed by atoms with Gasteiger partial charge in [0, 0.05) is 5.69 Å². The fourth-order valence-corrected chi connectivity index (χ4v) is 3.06. The molecule has 0 saturated carbocycles. The molecule has 170 valence electrons. The molecule has 3 aromatic rings. The summed E-state index contributed by atoms with van der Waals surface area (Å²) in [5.74, 6) is 0.0528. The molecule has 0 aliphatic carbocycles. The van der Waals surface area contributed by atoms with Crippen molar-refractivity contribution in [2.45, 2.75) is 20.5 Å². The molecule has 0 unspecified atom stereocenters. The number of hydrogen-bond acceptors (Lipinski definition) is 5. The smallest absolute Gasteiger partial charge is 0.339 e. The Morgan fingerprint density at radius 3 is 2.42 bits per heavy atom. The molecule has 0 radical (unpaired) electrons. The summed E-state index contributed by atoms with van der Waals surface area (Å²) in [6.07, 6.45) is 1.50. The van der Waals surface area contributed by atoms with Gasteiger partial charge in [0.2, 0.25) is 0 Å². The van der Waals surface area contributed by atoms with E-state index in [0.717, 1.165) is 16.7 Å². The molecule has 3 N–H and O–H groups in total. The molecular formula is C25H25N3O5. The number of carbonyl (C=O) groups excluding carboxylic acids is 1. The van der Waals surface area contributed by atoms with Crippen molar-refractivity contribution in [3.63, 3.8) is 0 Å². The van der Waals surface area contributed by atoms with Crippen molar-refractivity contribution in [1.82, 2.24) is 5.43 Å². The average molecular weight is 447 g/mol. The first-order valence-electron chi connectivity index (χ1n) is 10.2. The maximum absolute atomic E-state index is 12.1. The zero-order valence-electron chi connectivity index (χ0n) is 18.6. The Balaban J connectivity index is 1.57. The molecule has 0 aliphatic rings. The number of urea groups is 1. The maximum Gasteiger partial charge on any atom is 0.339 e. The molecule has 0 aromatic heterocycles. The summed E-state index contributed by atoms with van der Waals surface area (Å²) < 4.78 is 11.2. The minimum atomic E-state index is -0.973. The van der Waals surface area contributed by atoms with Crippen LogP contribution in [-0.4, -0.2) is 30.4 Å². The molecule has 33 heavy (non-hydrogen) atoms. The minimum Gasteiger partial charge on any atom is -0.493 e. The van der Waals surface area contributed by atoms with Gasteiger partial charge in [0.15, 0.2) is 11.5 Å². The quantitative estimate of drug-likeness (QED) is 0.341. The van der Waals surface area contributed by atoms with Crippen molar-refractivity contribution in [2.75, 3.05) is 12.4 Å². The largest absolute Gasteiger partial charge is 0.493 e. The highest BCUT2D eigenvalue weighted by atomic mass is 16.5. The van der Waals surface area contributed by atoms with E-state index >= 15 is 0 Å². The van der Waals surface area contributed by atoms with Gasteiger partial charge in [0.25, 0.3) is 0 Å². The second-order valence-corrected chi connectivity index (χ2v) is 7.34. The number of nitrogens with one attached hydrogen (secondary N) is 2. The van der Waals surface area contributed by atoms with Crippen LogP contribution in [0.4, 0.5) is 10.5 Å². The lowest BCUT2D eigenvalue weighted by Gasteiger charge is -2.11. The topological polar surface area (TPSA) is 109 Å². The number of carbonyl (C=O) groups is 2. The first-order chi connectivity index (χ1) is 15.9. The molecule has 2 amide bonds. The summed E-state index contributed by atoms with van der Waals surface area (Å²) in [5, 5.41) is 15.7. The van der Waals surface area contributed by atoms with E-state index < -0.39 is 12.0 Å². The molecule has 0 bridgehead atoms. The molecule has 0 spiro atoms. The third kappa shape index (κ3) is 6.57. The summed E-state index contributed by atoms with van der Waals surface area (Å²) in [6, 6.07) is 17.0. The van der Waals surface area contributed by atoms with Crippen LogP contribution in [0.3, 0.4) is 0 Å². The number of nitrogens with zero attached hydrogens (tertiary/aromatic N) is 1. The van der Waals surface area contributed by atoms with E-state index in [4.69, 9.17) is 14.6 Å². The van der Waals surface area contributed by atoms with Gasteiger partial charge in [0.05, 0.1) is 18.9 Å². The van der Waals surface area contributed by atoms with Gasteiger partial charge in [-0.1, -0.05) is 29.8 Å². The van der Waals surface area contributed by atoms with Gasteiger partial charge in [-0.3, -0.25) is 0 Å². The Kier molecular flexibility index (Phi) is 7.64. The molecule has 3 aromatic carbocycles. The SMILES string of the molecule is COc1cc(/C=N/NC(=O)Nc2ccc(C)cc2C)ccc1OCc1ccc(C(=O)O)cc1. The van der Waals surface area contributed by atoms with Crippen LogP contribution < -0.4 is 20.2 Å². The highest BCUT2D eigenvalue weighted by Gasteiger charge is 2.08. The lowest BCUT2D eigenvalue weighted by Crippen LogP contribution is -2.24. The normalized spacial score (nSPS) is 10.6. The van der Waals surface area contributed by atoms with Gasteiger partial charge >= 0.3 is 12.0 Å². The second kappa shape index (κ2) is 10.8. The van der Waals surface area contributed by atoms with Gasteiger partial charge < -0.3 is 19.9 Å². The Morgan fingerprint density at radius 2 is 1.76 bits per heavy atom. The predicted octanol–water partition coefficient (Wildman–Crippen LogP) is 4.74. The average Bonchev–Trinajstić information content (AvgIpc) is 2.80. The van der Waals surface area contributed by atoms with Crippen molar-refractivity contribution in [3.8, 4) is 11.5 Å². The second-order valence-electron chi connectivity index (χ2n) is 7.34. The minimum absolute atomic E-state index is 0.219. The standard InChI is InChI=1S/C25H25N3O5/c1-16-4-10-21(17(2)12-16)27-25(31)28-26-14-19-7-11-22(23(13-19)32-3)33-15-18-5-8-20(9-6-18)24(29)30/h4-14H,15H2,1-3H3,(H,29,30)(H2,27,28,31)/b26-14+. The summed E-state index contributed by atoms with van der Waals surface area (Å²) >= 11 is 0. The molecule has 0 aliphatic heterocycles. The highest BCUT2D eigenvalue weighted by Crippen LogP contribution is 2.28. The summed E-state index contributed by atoms with van der Waals surface area (Å²) in [6.45, 7) is 4.17. The Labute approximate surface area is 191 Å². The lowest BCUT2D eigenvalue weighted by molar-refractivity contribution is 0.0696. The van der Waals surface area contributed by atoms with Gasteiger partial charge in [-0.15, -0.1) is 0 Å². The van der Waals surface area contributed by atoms with E-state index in [1.807, 2.05) is 32.0 Å². The number of hydrogen-bond donors (Lipinski definition) is 3. The van der Waals surface area contributed by atoms with E-state index in [9.17, 15) is 9.59 Å². The van der Waals surface area contributed by atoms with Gasteiger partial charge in [-0.25, -0.2) is 15.0 Å². The number of amides is 2. The van der Waals surface area contributed by atoms with Crippen LogP contribution in [0.15, 0.2) is 65.8 Å². The van der Waals surface area contributed by atoms with Crippen LogP contribution in [0, 0.1) is 13.8 Å². The number of carboxylic acid groups (broad SMARTS) is 1. The maximum atomic E-state index is 12.1. The number of methoxy groups -OCH3 is 1. The molecule has 0 saturated heterocycles. The van der Waals surface area contributed by atoms with Crippen LogP contribution in [0.5, 0.6) is 11.5 Å². The Morgan fingerprint density at radius 1 is 1.00 bits per heavy atom. The van der Waals surface area contributed by atoms with E-state index in [1.165, 1.54) is 25.5 Å². The number of carboxylic acids is 1. The van der Waals surface area contributed by atoms with E-state index in [1.54, 1.807) is 30.3 Å². The highest BCUT2D eigenvalue weighted by molar-refractivity contribution is 5.91. The van der Waals surface area contributed by atoms with Gasteiger partial charge in [0.1, 0.15) is 6.61 Å². The monoisotopic (exact) mass is 447 g/mol. The Hall–Kier alpha value is -4.33. The van der Waals surface area contributed by atoms with Crippen molar-refractivity contribution in [2.24, 2.45) is 5.10 Å². The molecular weight excluding hydrogens is 422 g/mol. The third-order valence-corrected chi connectivity index (χ3v) is 4.79. The zero-order chi connectivity index (χ0) is 23.8. The van der Waals surface area contributed by atoms with Gasteiger partial charge in [-0.2, -0.15) is 5.10 Å². The summed E-state index contributed by atoms with van der Waals surface area (Å²) in [5.41, 5.74) is 6.99. The number of rotatable bonds is 8. The molecule has 3 rings (SSSR count). The molecule has 0 heterocycles. The zero-order valence-corrected chi connectivity index (χ0v) is 18.6. The Bertz CT molecular complexity index is 1170. The van der Waals surface area contributed by atoms with Crippen molar-refractivity contribution in [1.29, 1.82) is 0 Å².